The fraction of sp³-hybridized carbons (Fsp3) is 0.375. The number of H-pyrrole nitrogens is 2. The maximum Gasteiger partial charge on any atom is 0.435 e. The summed E-state index contributed by atoms with van der Waals surface area (Å²) in [6.45, 7) is 0.0811. The maximum absolute atomic E-state index is 14.6. The first-order valence-corrected chi connectivity index (χ1v) is 11.9. The maximum atomic E-state index is 14.6. The lowest BCUT2D eigenvalue weighted by Gasteiger charge is -2.33. The normalized spacial score (nSPS) is 22.9. The van der Waals surface area contributed by atoms with Crippen LogP contribution in [0.5, 0.6) is 0 Å². The van der Waals surface area contributed by atoms with Crippen molar-refractivity contribution >= 4 is 16.6 Å². The van der Waals surface area contributed by atoms with Gasteiger partial charge in [-0.15, -0.1) is 0 Å². The second-order valence-corrected chi connectivity index (χ2v) is 10.2. The van der Waals surface area contributed by atoms with Gasteiger partial charge in [-0.1, -0.05) is 19.1 Å². The lowest BCUT2D eigenvalue weighted by atomic mass is 9.76. The first-order valence-electron chi connectivity index (χ1n) is 11.9. The molecule has 3 aromatic heterocycles. The zero-order chi connectivity index (χ0) is 28.8. The molecule has 4 aromatic rings. The molecule has 0 bridgehead atoms. The molecule has 0 radical (unpaired) electrons. The van der Waals surface area contributed by atoms with Crippen LogP contribution in [0.4, 0.5) is 30.7 Å². The molecule has 0 spiro atoms. The van der Waals surface area contributed by atoms with Crippen molar-refractivity contribution in [3.8, 4) is 0 Å². The number of hydrogen-bond donors (Lipinski definition) is 2. The van der Waals surface area contributed by atoms with Crippen LogP contribution in [-0.2, 0) is 18.1 Å². The summed E-state index contributed by atoms with van der Waals surface area (Å²) in [5.74, 6) is -1.14. The second kappa shape index (κ2) is 8.38. The van der Waals surface area contributed by atoms with Gasteiger partial charge in [0.2, 0.25) is 5.95 Å². The van der Waals surface area contributed by atoms with Gasteiger partial charge in [-0.2, -0.15) is 45.6 Å². The van der Waals surface area contributed by atoms with Crippen LogP contribution in [0, 0.1) is 11.9 Å². The lowest BCUT2D eigenvalue weighted by molar-refractivity contribution is -0.148. The van der Waals surface area contributed by atoms with Gasteiger partial charge in [0.1, 0.15) is 12.4 Å². The number of imidazole rings is 1. The molecular weight excluding hydrogens is 551 g/mol. The minimum Gasteiger partial charge on any atom is -0.313 e. The van der Waals surface area contributed by atoms with Crippen molar-refractivity contribution in [1.82, 2.24) is 29.4 Å². The van der Waals surface area contributed by atoms with Gasteiger partial charge < -0.3 is 4.98 Å². The highest BCUT2D eigenvalue weighted by atomic mass is 19.4. The van der Waals surface area contributed by atoms with Crippen molar-refractivity contribution in [2.24, 2.45) is 11.0 Å². The quantitative estimate of drug-likeness (QED) is 0.361. The first kappa shape index (κ1) is 26.0. The summed E-state index contributed by atoms with van der Waals surface area (Å²) in [6.07, 6.45) is -7.05. The van der Waals surface area contributed by atoms with Gasteiger partial charge >= 0.3 is 18.0 Å². The summed E-state index contributed by atoms with van der Waals surface area (Å²) in [6, 6.07) is 3.80. The van der Waals surface area contributed by atoms with Crippen LogP contribution < -0.4 is 11.2 Å². The number of alkyl halides is 6. The third-order valence-corrected chi connectivity index (χ3v) is 7.50. The number of nitrogens with zero attached hydrogens (tertiary/aromatic N) is 5. The Hall–Kier alpha value is -4.24. The van der Waals surface area contributed by atoms with E-state index in [2.05, 4.69) is 25.2 Å². The predicted molar refractivity (Wildman–Crippen MR) is 125 cm³/mol. The number of aromatic nitrogens is 6. The molecule has 9 nitrogen and oxygen atoms in total. The van der Waals surface area contributed by atoms with Crippen LogP contribution in [0.1, 0.15) is 48.3 Å². The van der Waals surface area contributed by atoms with Gasteiger partial charge in [0.25, 0.3) is 5.56 Å². The van der Waals surface area contributed by atoms with E-state index in [0.29, 0.717) is 16.7 Å². The van der Waals surface area contributed by atoms with E-state index >= 15 is 0 Å². The molecule has 2 N–H and O–H groups in total. The molecule has 2 aliphatic rings. The van der Waals surface area contributed by atoms with Crippen molar-refractivity contribution in [3.05, 3.63) is 80.0 Å². The Labute approximate surface area is 218 Å². The molecule has 6 rings (SSSR count). The van der Waals surface area contributed by atoms with Crippen molar-refractivity contribution in [2.75, 3.05) is 0 Å². The van der Waals surface area contributed by atoms with E-state index in [0.717, 1.165) is 16.9 Å². The molecule has 3 atom stereocenters. The van der Waals surface area contributed by atoms with Gasteiger partial charge in [0, 0.05) is 23.4 Å². The molecule has 1 saturated carbocycles. The first-order chi connectivity index (χ1) is 18.7. The SMILES string of the molecule is CC1([C@H]2C[C@@H]2c2ccc3c(C(F)(F)F)nn(CC(F)(F)F)c3c2)CC(c2c[nH]c(=O)[nH]c2=O)=Nn2c(F)cnc21. The Bertz CT molecular complexity index is 1810. The topological polar surface area (TPSA) is 114 Å². The van der Waals surface area contributed by atoms with E-state index in [9.17, 15) is 40.3 Å². The summed E-state index contributed by atoms with van der Waals surface area (Å²) in [4.78, 5) is 32.5. The number of fused-ring (bicyclic) bond motifs is 2. The average molecular weight is 569 g/mol. The largest absolute Gasteiger partial charge is 0.435 e. The summed E-state index contributed by atoms with van der Waals surface area (Å²) < 4.78 is 95.8. The zero-order valence-electron chi connectivity index (χ0n) is 20.4. The molecule has 16 heteroatoms. The van der Waals surface area contributed by atoms with Crippen LogP contribution in [0.25, 0.3) is 10.9 Å². The monoisotopic (exact) mass is 569 g/mol. The number of halogens is 7. The lowest BCUT2D eigenvalue weighted by Crippen LogP contribution is -2.39. The van der Waals surface area contributed by atoms with E-state index in [1.807, 2.05) is 0 Å². The third-order valence-electron chi connectivity index (χ3n) is 7.50. The van der Waals surface area contributed by atoms with Gasteiger partial charge in [0.15, 0.2) is 5.69 Å². The van der Waals surface area contributed by atoms with Gasteiger partial charge in [0.05, 0.1) is 23.0 Å². The molecule has 1 aliphatic heterocycles. The Morgan fingerprint density at radius 3 is 2.58 bits per heavy atom. The Morgan fingerprint density at radius 1 is 1.15 bits per heavy atom. The Balaban J connectivity index is 1.39. The molecule has 1 aromatic carbocycles. The van der Waals surface area contributed by atoms with Gasteiger partial charge in [-0.05, 0) is 29.9 Å². The van der Waals surface area contributed by atoms with Crippen molar-refractivity contribution in [2.45, 2.75) is 50.0 Å². The van der Waals surface area contributed by atoms with Crippen LogP contribution in [0.15, 0.2) is 45.3 Å². The van der Waals surface area contributed by atoms with Crippen LogP contribution >= 0.6 is 0 Å². The van der Waals surface area contributed by atoms with Crippen molar-refractivity contribution < 1.29 is 30.7 Å². The molecule has 0 amide bonds. The van der Waals surface area contributed by atoms with Crippen molar-refractivity contribution in [1.29, 1.82) is 0 Å². The van der Waals surface area contributed by atoms with E-state index in [-0.39, 0.29) is 40.9 Å². The molecular formula is C24H18F7N7O2. The summed E-state index contributed by atoms with van der Waals surface area (Å²) >= 11 is 0. The number of hydrogen-bond acceptors (Lipinski definition) is 5. The highest BCUT2D eigenvalue weighted by Crippen LogP contribution is 2.60. The Morgan fingerprint density at radius 2 is 1.90 bits per heavy atom. The highest BCUT2D eigenvalue weighted by molar-refractivity contribution is 6.01. The number of rotatable bonds is 4. The van der Waals surface area contributed by atoms with Crippen LogP contribution in [0.3, 0.4) is 0 Å². The molecule has 1 fully saturated rings. The summed E-state index contributed by atoms with van der Waals surface area (Å²) in [7, 11) is 0. The predicted octanol–water partition coefficient (Wildman–Crippen LogP) is 4.05. The fourth-order valence-electron chi connectivity index (χ4n) is 5.65. The average Bonchev–Trinajstić information content (AvgIpc) is 3.47. The van der Waals surface area contributed by atoms with E-state index in [1.54, 1.807) is 6.92 Å². The molecule has 210 valence electrons. The minimum absolute atomic E-state index is 0.0129. The van der Waals surface area contributed by atoms with E-state index in [1.165, 1.54) is 18.3 Å². The third kappa shape index (κ3) is 4.21. The zero-order valence-corrected chi connectivity index (χ0v) is 20.4. The van der Waals surface area contributed by atoms with Crippen LogP contribution in [-0.4, -0.2) is 41.3 Å². The number of benzene rings is 1. The number of aromatic amines is 2. The standard InChI is InChI=1S/C24H18F7N7O2/c1-22(6-15(13-7-33-21(40)34-19(13)39)35-38-17(25)8-32-20(22)38)14-5-12(14)10-2-3-11-16(4-10)37(9-23(26,27)28)36-18(11)24(29,30)31/h2-4,7-8,12,14H,5-6,9H2,1H3,(H2,33,34,39,40)/t12-,14+,22?/m1/s1. The van der Waals surface area contributed by atoms with Gasteiger partial charge in [-0.25, -0.2) is 9.78 Å². The van der Waals surface area contributed by atoms with E-state index in [4.69, 9.17) is 0 Å². The smallest absolute Gasteiger partial charge is 0.313 e. The molecule has 1 aliphatic carbocycles. The number of nitrogens with one attached hydrogen (secondary N) is 2. The minimum atomic E-state index is -4.95. The molecule has 0 saturated heterocycles. The molecule has 1 unspecified atom stereocenters. The van der Waals surface area contributed by atoms with E-state index < -0.39 is 52.6 Å². The Kier molecular flexibility index (Phi) is 5.45. The summed E-state index contributed by atoms with van der Waals surface area (Å²) in [5.41, 5.74) is -3.44. The molecule has 4 heterocycles. The summed E-state index contributed by atoms with van der Waals surface area (Å²) in [5, 5.41) is 6.98. The highest BCUT2D eigenvalue weighted by Gasteiger charge is 2.55. The fourth-order valence-corrected chi connectivity index (χ4v) is 5.65. The van der Waals surface area contributed by atoms with Gasteiger partial charge in [-0.3, -0.25) is 14.5 Å². The van der Waals surface area contributed by atoms with Crippen LogP contribution in [0.2, 0.25) is 0 Å². The van der Waals surface area contributed by atoms with Crippen molar-refractivity contribution in [3.63, 3.8) is 0 Å². The second-order valence-electron chi connectivity index (χ2n) is 10.2. The molecule has 40 heavy (non-hydrogen) atoms.